The van der Waals surface area contributed by atoms with Gasteiger partial charge in [0.1, 0.15) is 0 Å². The Hall–Kier alpha value is -3.34. The molecule has 0 saturated carbocycles. The van der Waals surface area contributed by atoms with Gasteiger partial charge in [0, 0.05) is 11.3 Å². The van der Waals surface area contributed by atoms with Crippen molar-refractivity contribution in [2.24, 2.45) is 0 Å². The molecule has 5 heteroatoms. The normalized spacial score (nSPS) is 10.6. The van der Waals surface area contributed by atoms with Gasteiger partial charge in [-0.1, -0.05) is 24.3 Å². The Labute approximate surface area is 131 Å². The van der Waals surface area contributed by atoms with Crippen LogP contribution in [0.2, 0.25) is 0 Å². The third-order valence-corrected chi connectivity index (χ3v) is 3.70. The summed E-state index contributed by atoms with van der Waals surface area (Å²) in [7, 11) is 0. The maximum atomic E-state index is 11.6. The van der Waals surface area contributed by atoms with Gasteiger partial charge in [0.25, 0.3) is 0 Å². The average Bonchev–Trinajstić information content (AvgIpc) is 2.53. The van der Waals surface area contributed by atoms with E-state index in [-0.39, 0.29) is 11.1 Å². The molecule has 5 nitrogen and oxygen atoms in total. The van der Waals surface area contributed by atoms with E-state index in [0.717, 1.165) is 0 Å². The van der Waals surface area contributed by atoms with Crippen LogP contribution < -0.4 is 5.73 Å². The summed E-state index contributed by atoms with van der Waals surface area (Å²) in [4.78, 5) is 22.7. The van der Waals surface area contributed by atoms with Crippen molar-refractivity contribution in [3.8, 4) is 11.1 Å². The van der Waals surface area contributed by atoms with Crippen molar-refractivity contribution in [1.82, 2.24) is 0 Å². The van der Waals surface area contributed by atoms with Gasteiger partial charge in [-0.3, -0.25) is 0 Å². The van der Waals surface area contributed by atoms with Gasteiger partial charge in [-0.2, -0.15) is 0 Å². The third-order valence-electron chi connectivity index (χ3n) is 3.70. The SMILES string of the molecule is Nc1ccc(-c2c(C(=O)O)ccc3cc(C(=O)O)ccc23)cc1. The smallest absolute Gasteiger partial charge is 0.336 e. The number of anilines is 1. The van der Waals surface area contributed by atoms with Crippen LogP contribution in [0.25, 0.3) is 21.9 Å². The molecular weight excluding hydrogens is 294 g/mol. The van der Waals surface area contributed by atoms with E-state index in [2.05, 4.69) is 0 Å². The van der Waals surface area contributed by atoms with Crippen LogP contribution in [0.15, 0.2) is 54.6 Å². The van der Waals surface area contributed by atoms with E-state index < -0.39 is 11.9 Å². The zero-order valence-electron chi connectivity index (χ0n) is 12.0. The number of carbonyl (C=O) groups is 2. The van der Waals surface area contributed by atoms with Crippen LogP contribution in [-0.4, -0.2) is 22.2 Å². The van der Waals surface area contributed by atoms with Crippen molar-refractivity contribution < 1.29 is 19.8 Å². The first kappa shape index (κ1) is 14.6. The number of carboxylic acid groups (broad SMARTS) is 2. The summed E-state index contributed by atoms with van der Waals surface area (Å²) >= 11 is 0. The number of benzene rings is 3. The minimum Gasteiger partial charge on any atom is -0.478 e. The van der Waals surface area contributed by atoms with E-state index in [1.807, 2.05) is 0 Å². The molecular formula is C18H13NO4. The molecule has 0 aliphatic heterocycles. The fourth-order valence-corrected chi connectivity index (χ4v) is 2.60. The van der Waals surface area contributed by atoms with Gasteiger partial charge in [0.05, 0.1) is 11.1 Å². The molecule has 0 aliphatic carbocycles. The molecule has 0 spiro atoms. The second-order valence-corrected chi connectivity index (χ2v) is 5.16. The van der Waals surface area contributed by atoms with Crippen LogP contribution in [0.3, 0.4) is 0 Å². The predicted molar refractivity (Wildman–Crippen MR) is 87.7 cm³/mol. The Kier molecular flexibility index (Phi) is 3.46. The number of nitrogen functional groups attached to an aromatic ring is 1. The highest BCUT2D eigenvalue weighted by atomic mass is 16.4. The quantitative estimate of drug-likeness (QED) is 0.643. The molecule has 0 unspecified atom stereocenters. The van der Waals surface area contributed by atoms with Gasteiger partial charge in [-0.05, 0) is 46.7 Å². The van der Waals surface area contributed by atoms with Crippen LogP contribution in [-0.2, 0) is 0 Å². The number of hydrogen-bond acceptors (Lipinski definition) is 3. The third kappa shape index (κ3) is 2.60. The van der Waals surface area contributed by atoms with Gasteiger partial charge in [0.15, 0.2) is 0 Å². The number of aromatic carboxylic acids is 2. The van der Waals surface area contributed by atoms with Crippen molar-refractivity contribution >= 4 is 28.4 Å². The minimum atomic E-state index is -1.04. The van der Waals surface area contributed by atoms with Crippen LogP contribution in [0.1, 0.15) is 20.7 Å². The maximum absolute atomic E-state index is 11.6. The number of nitrogens with two attached hydrogens (primary N) is 1. The second-order valence-electron chi connectivity index (χ2n) is 5.16. The van der Waals surface area contributed by atoms with Crippen molar-refractivity contribution in [3.05, 3.63) is 65.7 Å². The molecule has 0 radical (unpaired) electrons. The molecule has 0 saturated heterocycles. The second kappa shape index (κ2) is 5.46. The van der Waals surface area contributed by atoms with Crippen molar-refractivity contribution in [2.75, 3.05) is 5.73 Å². The van der Waals surface area contributed by atoms with Gasteiger partial charge in [0.2, 0.25) is 0 Å². The summed E-state index contributed by atoms with van der Waals surface area (Å²) in [6.45, 7) is 0. The van der Waals surface area contributed by atoms with Gasteiger partial charge in [-0.15, -0.1) is 0 Å². The Bertz CT molecular complexity index is 930. The number of rotatable bonds is 3. The molecule has 4 N–H and O–H groups in total. The fourth-order valence-electron chi connectivity index (χ4n) is 2.60. The zero-order valence-corrected chi connectivity index (χ0v) is 12.0. The largest absolute Gasteiger partial charge is 0.478 e. The standard InChI is InChI=1S/C18H13NO4/c19-13-5-1-10(2-6-13)16-14-7-4-12(17(20)21)9-11(14)3-8-15(16)18(22)23/h1-9H,19H2,(H,20,21)(H,22,23). The maximum Gasteiger partial charge on any atom is 0.336 e. The molecule has 0 amide bonds. The summed E-state index contributed by atoms with van der Waals surface area (Å²) in [5.74, 6) is -2.07. The first-order chi connectivity index (χ1) is 11.0. The summed E-state index contributed by atoms with van der Waals surface area (Å²) < 4.78 is 0. The average molecular weight is 307 g/mol. The first-order valence-corrected chi connectivity index (χ1v) is 6.86. The number of hydrogen-bond donors (Lipinski definition) is 3. The molecule has 0 aromatic heterocycles. The van der Waals surface area contributed by atoms with Crippen molar-refractivity contribution in [1.29, 1.82) is 0 Å². The summed E-state index contributed by atoms with van der Waals surface area (Å²) in [5.41, 5.74) is 7.84. The van der Waals surface area contributed by atoms with E-state index in [9.17, 15) is 14.7 Å². The molecule has 3 rings (SSSR count). The van der Waals surface area contributed by atoms with E-state index in [4.69, 9.17) is 10.8 Å². The van der Waals surface area contributed by atoms with Crippen molar-refractivity contribution in [2.45, 2.75) is 0 Å². The number of carboxylic acids is 2. The van der Waals surface area contributed by atoms with Crippen LogP contribution in [0.4, 0.5) is 5.69 Å². The van der Waals surface area contributed by atoms with Gasteiger partial charge >= 0.3 is 11.9 Å². The molecule has 0 heterocycles. The monoisotopic (exact) mass is 307 g/mol. The lowest BCUT2D eigenvalue weighted by Gasteiger charge is -2.12. The summed E-state index contributed by atoms with van der Waals surface area (Å²) in [5, 5.41) is 19.9. The van der Waals surface area contributed by atoms with Crippen molar-refractivity contribution in [3.63, 3.8) is 0 Å². The Morgan fingerprint density at radius 3 is 2.13 bits per heavy atom. The summed E-state index contributed by atoms with van der Waals surface area (Å²) in [6, 6.07) is 14.6. The lowest BCUT2D eigenvalue weighted by molar-refractivity contribution is 0.0686. The van der Waals surface area contributed by atoms with Gasteiger partial charge in [-0.25, -0.2) is 9.59 Å². The molecule has 0 atom stereocenters. The Morgan fingerprint density at radius 2 is 1.52 bits per heavy atom. The van der Waals surface area contributed by atoms with E-state index in [0.29, 0.717) is 27.6 Å². The lowest BCUT2D eigenvalue weighted by Crippen LogP contribution is -2.01. The predicted octanol–water partition coefficient (Wildman–Crippen LogP) is 3.49. The van der Waals surface area contributed by atoms with E-state index in [1.165, 1.54) is 18.2 Å². The van der Waals surface area contributed by atoms with Crippen LogP contribution in [0, 0.1) is 0 Å². The zero-order chi connectivity index (χ0) is 16.6. The molecule has 0 aliphatic rings. The molecule has 3 aromatic rings. The highest BCUT2D eigenvalue weighted by Crippen LogP contribution is 2.33. The number of fused-ring (bicyclic) bond motifs is 1. The Balaban J connectivity index is 2.35. The highest BCUT2D eigenvalue weighted by molar-refractivity contribution is 6.09. The molecule has 3 aromatic carbocycles. The van der Waals surface area contributed by atoms with Gasteiger partial charge < -0.3 is 15.9 Å². The van der Waals surface area contributed by atoms with Crippen LogP contribution >= 0.6 is 0 Å². The fraction of sp³-hybridized carbons (Fsp3) is 0. The molecule has 0 fully saturated rings. The topological polar surface area (TPSA) is 101 Å². The Morgan fingerprint density at radius 1 is 0.826 bits per heavy atom. The van der Waals surface area contributed by atoms with E-state index in [1.54, 1.807) is 36.4 Å². The molecule has 0 bridgehead atoms. The summed E-state index contributed by atoms with van der Waals surface area (Å²) in [6.07, 6.45) is 0. The lowest BCUT2D eigenvalue weighted by atomic mass is 9.92. The van der Waals surface area contributed by atoms with E-state index >= 15 is 0 Å². The molecule has 114 valence electrons. The van der Waals surface area contributed by atoms with Crippen LogP contribution in [0.5, 0.6) is 0 Å². The first-order valence-electron chi connectivity index (χ1n) is 6.86. The molecule has 23 heavy (non-hydrogen) atoms. The highest BCUT2D eigenvalue weighted by Gasteiger charge is 2.16. The minimum absolute atomic E-state index is 0.156.